The van der Waals surface area contributed by atoms with E-state index in [0.29, 0.717) is 0 Å². The van der Waals surface area contributed by atoms with Crippen LogP contribution in [0.2, 0.25) is 0 Å². The highest BCUT2D eigenvalue weighted by Crippen LogP contribution is 2.35. The quantitative estimate of drug-likeness (QED) is 0.404. The maximum absolute atomic E-state index is 12.4. The van der Waals surface area contributed by atoms with Gasteiger partial charge in [0.15, 0.2) is 6.10 Å². The number of aliphatic hydroxyl groups is 1. The van der Waals surface area contributed by atoms with Gasteiger partial charge in [0.1, 0.15) is 24.1 Å². The zero-order valence-corrected chi connectivity index (χ0v) is 15.1. The highest BCUT2D eigenvalue weighted by Gasteiger charge is 2.28. The van der Waals surface area contributed by atoms with E-state index >= 15 is 0 Å². The van der Waals surface area contributed by atoms with Crippen LogP contribution in [-0.4, -0.2) is 64.7 Å². The molecule has 0 aromatic heterocycles. The second-order valence-corrected chi connectivity index (χ2v) is 6.73. The number of carbonyl (C=O) groups excluding carboxylic acids is 3. The van der Waals surface area contributed by atoms with E-state index in [2.05, 4.69) is 10.6 Å². The van der Waals surface area contributed by atoms with Crippen LogP contribution in [0, 0.1) is 6.92 Å². The van der Waals surface area contributed by atoms with Gasteiger partial charge in [0.25, 0.3) is 5.91 Å². The van der Waals surface area contributed by atoms with E-state index in [0.717, 1.165) is 6.07 Å². The number of amides is 2. The Kier molecular flexibility index (Phi) is 6.32. The Morgan fingerprint density at radius 1 is 1.35 bits per heavy atom. The minimum absolute atomic E-state index is 0.0281. The van der Waals surface area contributed by atoms with Gasteiger partial charge >= 0.3 is 5.97 Å². The SMILES string of the molecule is CNC(=O)[C@@H]1CSCc2c(O)cc(O)c(C)c2C(=O)OC[C@H](O)C(=O)N1. The molecule has 0 unspecified atom stereocenters. The van der Waals surface area contributed by atoms with Crippen molar-refractivity contribution in [2.24, 2.45) is 0 Å². The number of rotatable bonds is 1. The number of hydrogen-bond acceptors (Lipinski definition) is 8. The number of phenolic OH excluding ortho intramolecular Hbond substituents is 2. The van der Waals surface area contributed by atoms with Crippen LogP contribution in [-0.2, 0) is 20.1 Å². The molecule has 1 aromatic rings. The van der Waals surface area contributed by atoms with Gasteiger partial charge in [-0.2, -0.15) is 11.8 Å². The summed E-state index contributed by atoms with van der Waals surface area (Å²) in [6.45, 7) is 0.857. The molecule has 2 rings (SSSR count). The highest BCUT2D eigenvalue weighted by molar-refractivity contribution is 7.98. The van der Waals surface area contributed by atoms with E-state index in [9.17, 15) is 29.7 Å². The molecule has 142 valence electrons. The molecule has 0 fully saturated rings. The van der Waals surface area contributed by atoms with Gasteiger partial charge in [-0.25, -0.2) is 4.79 Å². The molecular formula is C16H20N2O7S. The number of thioether (sulfide) groups is 1. The fourth-order valence-corrected chi connectivity index (χ4v) is 3.52. The van der Waals surface area contributed by atoms with Crippen LogP contribution in [0.4, 0.5) is 0 Å². The van der Waals surface area contributed by atoms with Crippen molar-refractivity contribution < 1.29 is 34.4 Å². The first-order valence-electron chi connectivity index (χ1n) is 7.75. The maximum atomic E-state index is 12.4. The predicted molar refractivity (Wildman–Crippen MR) is 93.0 cm³/mol. The summed E-state index contributed by atoms with van der Waals surface area (Å²) in [7, 11) is 1.42. The number of fused-ring (bicyclic) bond motifs is 1. The van der Waals surface area contributed by atoms with Gasteiger partial charge in [-0.3, -0.25) is 9.59 Å². The van der Waals surface area contributed by atoms with Crippen LogP contribution in [0.1, 0.15) is 21.5 Å². The van der Waals surface area contributed by atoms with Crippen molar-refractivity contribution in [2.45, 2.75) is 24.8 Å². The molecule has 26 heavy (non-hydrogen) atoms. The summed E-state index contributed by atoms with van der Waals surface area (Å²) in [5.74, 6) is -2.45. The third-order valence-electron chi connectivity index (χ3n) is 3.93. The van der Waals surface area contributed by atoms with Crippen LogP contribution in [0.5, 0.6) is 11.5 Å². The summed E-state index contributed by atoms with van der Waals surface area (Å²) in [6, 6.07) is 0.215. The van der Waals surface area contributed by atoms with Crippen LogP contribution < -0.4 is 10.6 Å². The lowest BCUT2D eigenvalue weighted by molar-refractivity contribution is -0.135. The summed E-state index contributed by atoms with van der Waals surface area (Å²) in [6.07, 6.45) is -1.66. The molecule has 0 saturated carbocycles. The molecule has 1 aliphatic heterocycles. The second kappa shape index (κ2) is 8.28. The minimum Gasteiger partial charge on any atom is -0.508 e. The summed E-state index contributed by atoms with van der Waals surface area (Å²) >= 11 is 1.19. The molecule has 0 radical (unpaired) electrons. The van der Waals surface area contributed by atoms with Crippen molar-refractivity contribution in [3.05, 3.63) is 22.8 Å². The molecule has 5 N–H and O–H groups in total. The summed E-state index contributed by atoms with van der Waals surface area (Å²) in [5.41, 5.74) is 0.425. The minimum atomic E-state index is -1.66. The first-order chi connectivity index (χ1) is 12.3. The molecule has 1 aliphatic rings. The summed E-state index contributed by atoms with van der Waals surface area (Å²) in [4.78, 5) is 36.2. The molecule has 0 spiro atoms. The Morgan fingerprint density at radius 2 is 2.04 bits per heavy atom. The lowest BCUT2D eigenvalue weighted by Crippen LogP contribution is -2.51. The van der Waals surface area contributed by atoms with Gasteiger partial charge in [-0.05, 0) is 6.92 Å². The average molecular weight is 384 g/mol. The molecule has 1 aromatic carbocycles. The van der Waals surface area contributed by atoms with Crippen molar-refractivity contribution in [1.82, 2.24) is 10.6 Å². The number of cyclic esters (lactones) is 1. The van der Waals surface area contributed by atoms with Crippen molar-refractivity contribution >= 4 is 29.5 Å². The van der Waals surface area contributed by atoms with Crippen molar-refractivity contribution in [3.8, 4) is 11.5 Å². The maximum Gasteiger partial charge on any atom is 0.339 e. The molecule has 0 bridgehead atoms. The summed E-state index contributed by atoms with van der Waals surface area (Å²) < 4.78 is 4.96. The van der Waals surface area contributed by atoms with Crippen LogP contribution in [0.3, 0.4) is 0 Å². The van der Waals surface area contributed by atoms with E-state index in [1.165, 1.54) is 25.7 Å². The van der Waals surface area contributed by atoms with Gasteiger partial charge < -0.3 is 30.7 Å². The van der Waals surface area contributed by atoms with E-state index in [-0.39, 0.29) is 39.7 Å². The number of carbonyl (C=O) groups is 3. The third kappa shape index (κ3) is 4.20. The highest BCUT2D eigenvalue weighted by atomic mass is 32.2. The second-order valence-electron chi connectivity index (χ2n) is 5.70. The lowest BCUT2D eigenvalue weighted by atomic mass is 10.0. The Balaban J connectivity index is 2.41. The van der Waals surface area contributed by atoms with Crippen LogP contribution in [0.15, 0.2) is 6.07 Å². The monoisotopic (exact) mass is 384 g/mol. The van der Waals surface area contributed by atoms with Crippen molar-refractivity contribution in [1.29, 1.82) is 0 Å². The number of phenols is 2. The molecule has 0 saturated heterocycles. The van der Waals surface area contributed by atoms with Crippen LogP contribution >= 0.6 is 11.8 Å². The fraction of sp³-hybridized carbons (Fsp3) is 0.438. The molecule has 2 amide bonds. The Hall–Kier alpha value is -2.46. The van der Waals surface area contributed by atoms with E-state index in [4.69, 9.17) is 4.74 Å². The van der Waals surface area contributed by atoms with Crippen molar-refractivity contribution in [3.63, 3.8) is 0 Å². The van der Waals surface area contributed by atoms with Crippen molar-refractivity contribution in [2.75, 3.05) is 19.4 Å². The number of aliphatic hydroxyl groups excluding tert-OH is 1. The Morgan fingerprint density at radius 3 is 2.69 bits per heavy atom. The fourth-order valence-electron chi connectivity index (χ4n) is 2.44. The topological polar surface area (TPSA) is 145 Å². The number of esters is 1. The molecular weight excluding hydrogens is 364 g/mol. The number of ether oxygens (including phenoxy) is 1. The van der Waals surface area contributed by atoms with E-state index < -0.39 is 36.5 Å². The van der Waals surface area contributed by atoms with Gasteiger partial charge in [-0.1, -0.05) is 0 Å². The predicted octanol–water partition coefficient (Wildman–Crippen LogP) is -0.598. The zero-order chi connectivity index (χ0) is 19.4. The molecule has 2 atom stereocenters. The van der Waals surface area contributed by atoms with Gasteiger partial charge in [-0.15, -0.1) is 0 Å². The molecule has 1 heterocycles. The number of likely N-dealkylation sites (N-methyl/N-ethyl adjacent to an activating group) is 1. The smallest absolute Gasteiger partial charge is 0.339 e. The average Bonchev–Trinajstić information content (AvgIpc) is 2.60. The Bertz CT molecular complexity index is 738. The van der Waals surface area contributed by atoms with Gasteiger partial charge in [0.05, 0.1) is 5.56 Å². The largest absolute Gasteiger partial charge is 0.508 e. The third-order valence-corrected chi connectivity index (χ3v) is 4.99. The number of aromatic hydroxyl groups is 2. The molecule has 10 heteroatoms. The Labute approximate surface area is 153 Å². The standard InChI is InChI=1S/C16H20N2O7S/c1-7-10(19)3-11(20)8-5-26-6-9(14(22)17-2)18-15(23)12(21)4-25-16(24)13(7)8/h3,9,12,19-21H,4-6H2,1-2H3,(H,17,22)(H,18,23)/t9-,12-/m0/s1. The van der Waals surface area contributed by atoms with Gasteiger partial charge in [0, 0.05) is 35.7 Å². The normalized spacial score (nSPS) is 21.5. The lowest BCUT2D eigenvalue weighted by Gasteiger charge is -2.22. The zero-order valence-electron chi connectivity index (χ0n) is 14.2. The first kappa shape index (κ1) is 19.9. The molecule has 0 aliphatic carbocycles. The summed E-state index contributed by atoms with van der Waals surface area (Å²) in [5, 5.41) is 34.6. The van der Waals surface area contributed by atoms with E-state index in [1.807, 2.05) is 0 Å². The number of nitrogens with one attached hydrogen (secondary N) is 2. The number of hydrogen-bond donors (Lipinski definition) is 5. The number of benzene rings is 1. The first-order valence-corrected chi connectivity index (χ1v) is 8.91. The van der Waals surface area contributed by atoms with Crippen LogP contribution in [0.25, 0.3) is 0 Å². The molecule has 9 nitrogen and oxygen atoms in total. The van der Waals surface area contributed by atoms with Gasteiger partial charge in [0.2, 0.25) is 5.91 Å². The van der Waals surface area contributed by atoms with E-state index in [1.54, 1.807) is 0 Å².